The third kappa shape index (κ3) is 4.91. The summed E-state index contributed by atoms with van der Waals surface area (Å²) in [6, 6.07) is 0. The van der Waals surface area contributed by atoms with E-state index in [9.17, 15) is 9.59 Å². The van der Waals surface area contributed by atoms with Crippen LogP contribution in [0.15, 0.2) is 0 Å². The number of thiol groups is 1. The van der Waals surface area contributed by atoms with Gasteiger partial charge < -0.3 is 15.1 Å². The Morgan fingerprint density at radius 1 is 1.25 bits per heavy atom. The maximum Gasteiger partial charge on any atom is 0.323 e. The van der Waals surface area contributed by atoms with Crippen LogP contribution in [0.1, 0.15) is 0 Å². The summed E-state index contributed by atoms with van der Waals surface area (Å²) in [5.74, 6) is -2.29. The van der Waals surface area contributed by atoms with E-state index in [1.165, 1.54) is 0 Å². The quantitative estimate of drug-likeness (QED) is 0.435. The summed E-state index contributed by atoms with van der Waals surface area (Å²) in [6.07, 6.45) is 0. The summed E-state index contributed by atoms with van der Waals surface area (Å²) in [5.41, 5.74) is 0. The summed E-state index contributed by atoms with van der Waals surface area (Å²) < 4.78 is -0.0419. The zero-order chi connectivity index (χ0) is 9.72. The van der Waals surface area contributed by atoms with Crippen molar-refractivity contribution in [2.24, 2.45) is 0 Å². The number of nitrogens with zero attached hydrogens (tertiary/aromatic N) is 1. The molecule has 0 atom stereocenters. The lowest BCUT2D eigenvalue weighted by Crippen LogP contribution is -2.36. The molecule has 0 aromatic carbocycles. The van der Waals surface area contributed by atoms with Crippen molar-refractivity contribution in [2.75, 3.05) is 13.1 Å². The van der Waals surface area contributed by atoms with Crippen molar-refractivity contribution in [3.05, 3.63) is 0 Å². The van der Waals surface area contributed by atoms with Crippen LogP contribution in [0.3, 0.4) is 0 Å². The van der Waals surface area contributed by atoms with Crippen LogP contribution in [0.25, 0.3) is 0 Å². The first-order chi connectivity index (χ1) is 5.43. The van der Waals surface area contributed by atoms with E-state index in [2.05, 4.69) is 24.8 Å². The highest BCUT2D eigenvalue weighted by atomic mass is 32.1. The van der Waals surface area contributed by atoms with E-state index in [1.807, 2.05) is 0 Å². The van der Waals surface area contributed by atoms with Crippen LogP contribution in [0.2, 0.25) is 0 Å². The van der Waals surface area contributed by atoms with Gasteiger partial charge in [-0.15, -0.1) is 12.6 Å². The standard InChI is InChI=1S/C5H7NO4S2/c7-3(8)1-6(5(11)12)2-4(9)10/h1-2H2,(H,7,8)(H,9,10)(H,11,12). The topological polar surface area (TPSA) is 77.8 Å². The molecule has 0 aliphatic heterocycles. The SMILES string of the molecule is O=C(O)CN(CC(=O)O)C(=S)S. The van der Waals surface area contributed by atoms with Crippen molar-refractivity contribution in [1.29, 1.82) is 0 Å². The molecule has 0 bridgehead atoms. The molecule has 5 nitrogen and oxygen atoms in total. The fourth-order valence-corrected chi connectivity index (χ4v) is 0.788. The molecule has 0 aromatic rings. The molecule has 0 aliphatic carbocycles. The number of thiocarbonyl (C=S) groups is 1. The average molecular weight is 209 g/mol. The maximum absolute atomic E-state index is 10.2. The molecule has 0 aromatic heterocycles. The number of hydrogen-bond acceptors (Lipinski definition) is 3. The number of carboxylic acids is 2. The van der Waals surface area contributed by atoms with Crippen LogP contribution < -0.4 is 0 Å². The van der Waals surface area contributed by atoms with E-state index in [4.69, 9.17) is 10.2 Å². The molecule has 12 heavy (non-hydrogen) atoms. The highest BCUT2D eigenvalue weighted by Gasteiger charge is 2.13. The first kappa shape index (κ1) is 11.2. The first-order valence-electron chi connectivity index (χ1n) is 2.85. The molecule has 0 saturated carbocycles. The molecular weight excluding hydrogens is 202 g/mol. The molecule has 68 valence electrons. The van der Waals surface area contributed by atoms with Gasteiger partial charge in [0.2, 0.25) is 0 Å². The van der Waals surface area contributed by atoms with Gasteiger partial charge in [0.15, 0.2) is 0 Å². The Hall–Kier alpha value is -0.820. The van der Waals surface area contributed by atoms with E-state index in [0.29, 0.717) is 0 Å². The van der Waals surface area contributed by atoms with Crippen molar-refractivity contribution in [3.8, 4) is 0 Å². The molecule has 2 N–H and O–H groups in total. The van der Waals surface area contributed by atoms with Gasteiger partial charge in [0.05, 0.1) is 0 Å². The van der Waals surface area contributed by atoms with Gasteiger partial charge in [-0.05, 0) is 0 Å². The van der Waals surface area contributed by atoms with Crippen LogP contribution in [0.5, 0.6) is 0 Å². The monoisotopic (exact) mass is 209 g/mol. The fraction of sp³-hybridized carbons (Fsp3) is 0.400. The molecule has 0 aliphatic rings. The van der Waals surface area contributed by atoms with E-state index >= 15 is 0 Å². The molecule has 0 saturated heterocycles. The Morgan fingerprint density at radius 2 is 1.58 bits per heavy atom. The number of hydrogen-bond donors (Lipinski definition) is 3. The first-order valence-corrected chi connectivity index (χ1v) is 3.70. The third-order valence-electron chi connectivity index (χ3n) is 0.923. The Bertz CT molecular complexity index is 201. The fourth-order valence-electron chi connectivity index (χ4n) is 0.518. The van der Waals surface area contributed by atoms with Crippen molar-refractivity contribution >= 4 is 41.1 Å². The molecular formula is C5H7NO4S2. The van der Waals surface area contributed by atoms with Crippen LogP contribution in [0, 0.1) is 0 Å². The smallest absolute Gasteiger partial charge is 0.323 e. The molecule has 0 heterocycles. The van der Waals surface area contributed by atoms with Gasteiger partial charge in [0.25, 0.3) is 0 Å². The Labute approximate surface area is 79.4 Å². The number of aliphatic carboxylic acids is 2. The minimum atomic E-state index is -1.15. The van der Waals surface area contributed by atoms with Crippen LogP contribution in [-0.2, 0) is 9.59 Å². The van der Waals surface area contributed by atoms with E-state index in [-0.39, 0.29) is 4.32 Å². The van der Waals surface area contributed by atoms with Crippen LogP contribution in [0.4, 0.5) is 0 Å². The molecule has 0 amide bonds. The summed E-state index contributed by atoms with van der Waals surface area (Å²) >= 11 is 8.19. The van der Waals surface area contributed by atoms with Gasteiger partial charge in [-0.1, -0.05) is 12.2 Å². The second-order valence-electron chi connectivity index (χ2n) is 1.93. The van der Waals surface area contributed by atoms with E-state index < -0.39 is 25.0 Å². The van der Waals surface area contributed by atoms with Gasteiger partial charge in [0, 0.05) is 0 Å². The molecule has 0 fully saturated rings. The van der Waals surface area contributed by atoms with Gasteiger partial charge >= 0.3 is 11.9 Å². The Kier molecular flexibility index (Phi) is 4.60. The summed E-state index contributed by atoms with van der Waals surface area (Å²) in [5, 5.41) is 16.6. The predicted molar refractivity (Wildman–Crippen MR) is 48.4 cm³/mol. The molecule has 0 spiro atoms. The van der Waals surface area contributed by atoms with Gasteiger partial charge in [-0.25, -0.2) is 0 Å². The average Bonchev–Trinajstić information content (AvgIpc) is 1.83. The molecule has 0 unspecified atom stereocenters. The molecule has 7 heteroatoms. The predicted octanol–water partition coefficient (Wildman–Crippen LogP) is -0.328. The highest BCUT2D eigenvalue weighted by Crippen LogP contribution is 1.95. The lowest BCUT2D eigenvalue weighted by Gasteiger charge is -2.17. The minimum Gasteiger partial charge on any atom is -0.480 e. The largest absolute Gasteiger partial charge is 0.480 e. The maximum atomic E-state index is 10.2. The summed E-state index contributed by atoms with van der Waals surface area (Å²) in [6.45, 7) is -0.900. The van der Waals surface area contributed by atoms with Crippen molar-refractivity contribution in [2.45, 2.75) is 0 Å². The van der Waals surface area contributed by atoms with Crippen molar-refractivity contribution < 1.29 is 19.8 Å². The van der Waals surface area contributed by atoms with Gasteiger partial charge in [-0.3, -0.25) is 9.59 Å². The molecule has 0 radical (unpaired) electrons. The minimum absolute atomic E-state index is 0.0419. The number of carboxylic acid groups (broad SMARTS) is 2. The van der Waals surface area contributed by atoms with Gasteiger partial charge in [-0.2, -0.15) is 0 Å². The zero-order valence-corrected chi connectivity index (χ0v) is 7.64. The molecule has 0 rings (SSSR count). The van der Waals surface area contributed by atoms with E-state index in [1.54, 1.807) is 0 Å². The Morgan fingerprint density at radius 3 is 1.75 bits per heavy atom. The zero-order valence-electron chi connectivity index (χ0n) is 5.93. The third-order valence-corrected chi connectivity index (χ3v) is 1.46. The lowest BCUT2D eigenvalue weighted by atomic mass is 10.5. The van der Waals surface area contributed by atoms with Crippen LogP contribution in [-0.4, -0.2) is 44.5 Å². The van der Waals surface area contributed by atoms with Crippen LogP contribution >= 0.6 is 24.8 Å². The highest BCUT2D eigenvalue weighted by molar-refractivity contribution is 8.10. The van der Waals surface area contributed by atoms with Crippen molar-refractivity contribution in [1.82, 2.24) is 4.90 Å². The van der Waals surface area contributed by atoms with Crippen molar-refractivity contribution in [3.63, 3.8) is 0 Å². The second kappa shape index (κ2) is 4.94. The van der Waals surface area contributed by atoms with E-state index in [0.717, 1.165) is 4.90 Å². The summed E-state index contributed by atoms with van der Waals surface area (Å²) in [4.78, 5) is 21.3. The number of rotatable bonds is 4. The normalized spacial score (nSPS) is 9.08. The van der Waals surface area contributed by atoms with Gasteiger partial charge in [0.1, 0.15) is 17.4 Å². The second-order valence-corrected chi connectivity index (χ2v) is 3.04. The summed E-state index contributed by atoms with van der Waals surface area (Å²) in [7, 11) is 0. The number of carbonyl (C=O) groups is 2. The lowest BCUT2D eigenvalue weighted by molar-refractivity contribution is -0.139. The Balaban J connectivity index is 4.14.